The number of hydrogen-bond acceptors (Lipinski definition) is 4. The molecule has 18 heavy (non-hydrogen) atoms. The molecule has 0 bridgehead atoms. The average molecular weight is 256 g/mol. The molecule has 0 aromatic heterocycles. The second-order valence-corrected chi connectivity index (χ2v) is 5.62. The minimum Gasteiger partial charge on any atom is -0.466 e. The standard InChI is InChI=1S/C14H24O4/c1-6-17-11(15)10-8-9-14(5,13(10,3)4)12(16)18-7-2/h10H,6-9H2,1-5H3/t10-,14-/m1/s1. The Hall–Kier alpha value is -1.06. The smallest absolute Gasteiger partial charge is 0.312 e. The van der Waals surface area contributed by atoms with Gasteiger partial charge in [-0.1, -0.05) is 13.8 Å². The van der Waals surface area contributed by atoms with Crippen molar-refractivity contribution < 1.29 is 19.1 Å². The molecule has 0 aromatic rings. The minimum atomic E-state index is -0.611. The molecular formula is C14H24O4. The van der Waals surface area contributed by atoms with Crippen LogP contribution in [0.2, 0.25) is 0 Å². The molecule has 0 aromatic carbocycles. The Kier molecular flexibility index (Phi) is 4.41. The lowest BCUT2D eigenvalue weighted by molar-refractivity contribution is -0.164. The van der Waals surface area contributed by atoms with Crippen LogP contribution in [0.15, 0.2) is 0 Å². The van der Waals surface area contributed by atoms with Gasteiger partial charge in [-0.2, -0.15) is 0 Å². The molecular weight excluding hydrogens is 232 g/mol. The van der Waals surface area contributed by atoms with Crippen molar-refractivity contribution in [3.8, 4) is 0 Å². The summed E-state index contributed by atoms with van der Waals surface area (Å²) in [5.41, 5.74) is -1.05. The minimum absolute atomic E-state index is 0.199. The van der Waals surface area contributed by atoms with Crippen molar-refractivity contribution in [1.82, 2.24) is 0 Å². The molecule has 1 aliphatic rings. The summed E-state index contributed by atoms with van der Waals surface area (Å²) >= 11 is 0. The van der Waals surface area contributed by atoms with E-state index in [1.165, 1.54) is 0 Å². The second kappa shape index (κ2) is 5.29. The molecule has 2 atom stereocenters. The van der Waals surface area contributed by atoms with Crippen LogP contribution >= 0.6 is 0 Å². The zero-order valence-electron chi connectivity index (χ0n) is 12.0. The predicted octanol–water partition coefficient (Wildman–Crippen LogP) is 2.56. The number of carbonyl (C=O) groups excluding carboxylic acids is 2. The molecule has 1 rings (SSSR count). The van der Waals surface area contributed by atoms with Gasteiger partial charge in [-0.05, 0) is 39.0 Å². The summed E-state index contributed by atoms with van der Waals surface area (Å²) in [6.07, 6.45) is 1.35. The molecule has 0 spiro atoms. The summed E-state index contributed by atoms with van der Waals surface area (Å²) in [4.78, 5) is 24.1. The van der Waals surface area contributed by atoms with E-state index in [9.17, 15) is 9.59 Å². The van der Waals surface area contributed by atoms with Crippen LogP contribution in [0.5, 0.6) is 0 Å². The Morgan fingerprint density at radius 1 is 1.11 bits per heavy atom. The van der Waals surface area contributed by atoms with Gasteiger partial charge in [0.2, 0.25) is 0 Å². The maximum Gasteiger partial charge on any atom is 0.312 e. The van der Waals surface area contributed by atoms with Crippen molar-refractivity contribution in [2.75, 3.05) is 13.2 Å². The van der Waals surface area contributed by atoms with Crippen LogP contribution in [-0.4, -0.2) is 25.2 Å². The number of carbonyl (C=O) groups is 2. The summed E-state index contributed by atoms with van der Waals surface area (Å²) < 4.78 is 10.3. The Bertz CT molecular complexity index is 335. The summed E-state index contributed by atoms with van der Waals surface area (Å²) in [5.74, 6) is -0.635. The Balaban J connectivity index is 2.93. The van der Waals surface area contributed by atoms with Crippen molar-refractivity contribution in [3.05, 3.63) is 0 Å². The van der Waals surface area contributed by atoms with E-state index in [4.69, 9.17) is 9.47 Å². The zero-order valence-corrected chi connectivity index (χ0v) is 12.0. The van der Waals surface area contributed by atoms with Gasteiger partial charge in [-0.25, -0.2) is 0 Å². The van der Waals surface area contributed by atoms with E-state index in [1.807, 2.05) is 20.8 Å². The van der Waals surface area contributed by atoms with Gasteiger partial charge in [0, 0.05) is 0 Å². The highest BCUT2D eigenvalue weighted by atomic mass is 16.5. The van der Waals surface area contributed by atoms with E-state index in [2.05, 4.69) is 0 Å². The largest absolute Gasteiger partial charge is 0.466 e. The fourth-order valence-corrected chi connectivity index (χ4v) is 2.81. The third-order valence-electron chi connectivity index (χ3n) is 4.52. The van der Waals surface area contributed by atoms with Crippen LogP contribution in [-0.2, 0) is 19.1 Å². The van der Waals surface area contributed by atoms with Gasteiger partial charge >= 0.3 is 11.9 Å². The number of rotatable bonds is 4. The second-order valence-electron chi connectivity index (χ2n) is 5.62. The van der Waals surface area contributed by atoms with Gasteiger partial charge in [0.15, 0.2) is 0 Å². The van der Waals surface area contributed by atoms with Crippen LogP contribution in [0.25, 0.3) is 0 Å². The lowest BCUT2D eigenvalue weighted by Crippen LogP contribution is -2.44. The molecule has 0 unspecified atom stereocenters. The molecule has 0 amide bonds. The molecule has 1 fully saturated rings. The number of ether oxygens (including phenoxy) is 2. The number of esters is 2. The SMILES string of the molecule is CCOC(=O)[C@H]1CC[C@](C)(C(=O)OCC)C1(C)C. The first-order valence-electron chi connectivity index (χ1n) is 6.65. The lowest BCUT2D eigenvalue weighted by Gasteiger charge is -2.38. The summed E-state index contributed by atoms with van der Waals surface area (Å²) in [7, 11) is 0. The Morgan fingerprint density at radius 3 is 2.17 bits per heavy atom. The van der Waals surface area contributed by atoms with E-state index in [-0.39, 0.29) is 17.9 Å². The highest BCUT2D eigenvalue weighted by Gasteiger charge is 2.59. The van der Waals surface area contributed by atoms with Crippen LogP contribution in [0.1, 0.15) is 47.5 Å². The van der Waals surface area contributed by atoms with E-state index in [1.54, 1.807) is 13.8 Å². The Morgan fingerprint density at radius 2 is 1.67 bits per heavy atom. The fourth-order valence-electron chi connectivity index (χ4n) is 2.81. The molecule has 0 saturated heterocycles. The van der Waals surface area contributed by atoms with Crippen LogP contribution < -0.4 is 0 Å². The van der Waals surface area contributed by atoms with Crippen molar-refractivity contribution in [2.45, 2.75) is 47.5 Å². The van der Waals surface area contributed by atoms with E-state index < -0.39 is 10.8 Å². The molecule has 4 nitrogen and oxygen atoms in total. The van der Waals surface area contributed by atoms with Gasteiger partial charge in [-0.3, -0.25) is 9.59 Å². The molecule has 0 N–H and O–H groups in total. The monoisotopic (exact) mass is 256 g/mol. The molecule has 0 radical (unpaired) electrons. The maximum absolute atomic E-state index is 12.1. The normalized spacial score (nSPS) is 29.9. The highest BCUT2D eigenvalue weighted by Crippen LogP contribution is 2.56. The van der Waals surface area contributed by atoms with Gasteiger partial charge in [-0.15, -0.1) is 0 Å². The molecule has 1 aliphatic carbocycles. The molecule has 0 heterocycles. The van der Waals surface area contributed by atoms with Gasteiger partial charge in [0.25, 0.3) is 0 Å². The van der Waals surface area contributed by atoms with E-state index in [0.29, 0.717) is 26.1 Å². The maximum atomic E-state index is 12.1. The lowest BCUT2D eigenvalue weighted by atomic mass is 9.65. The summed E-state index contributed by atoms with van der Waals surface area (Å²) in [6, 6.07) is 0. The highest BCUT2D eigenvalue weighted by molar-refractivity contribution is 5.82. The topological polar surface area (TPSA) is 52.6 Å². The van der Waals surface area contributed by atoms with Crippen molar-refractivity contribution >= 4 is 11.9 Å². The fraction of sp³-hybridized carbons (Fsp3) is 0.857. The van der Waals surface area contributed by atoms with E-state index in [0.717, 1.165) is 0 Å². The van der Waals surface area contributed by atoms with Crippen molar-refractivity contribution in [1.29, 1.82) is 0 Å². The number of hydrogen-bond donors (Lipinski definition) is 0. The Labute approximate surface area is 109 Å². The molecule has 104 valence electrons. The third-order valence-corrected chi connectivity index (χ3v) is 4.52. The average Bonchev–Trinajstić information content (AvgIpc) is 2.52. The van der Waals surface area contributed by atoms with Gasteiger partial charge in [0.1, 0.15) is 0 Å². The first-order chi connectivity index (χ1) is 8.31. The zero-order chi connectivity index (χ0) is 14.0. The molecule has 4 heteroatoms. The van der Waals surface area contributed by atoms with Crippen molar-refractivity contribution in [3.63, 3.8) is 0 Å². The van der Waals surface area contributed by atoms with Gasteiger partial charge < -0.3 is 9.47 Å². The first-order valence-corrected chi connectivity index (χ1v) is 6.65. The molecule has 1 saturated carbocycles. The quantitative estimate of drug-likeness (QED) is 0.725. The van der Waals surface area contributed by atoms with Crippen LogP contribution in [0.4, 0.5) is 0 Å². The summed E-state index contributed by atoms with van der Waals surface area (Å²) in [6.45, 7) is 10.1. The van der Waals surface area contributed by atoms with Crippen molar-refractivity contribution in [2.24, 2.45) is 16.7 Å². The first kappa shape index (κ1) is 15.0. The van der Waals surface area contributed by atoms with Crippen LogP contribution in [0.3, 0.4) is 0 Å². The van der Waals surface area contributed by atoms with Gasteiger partial charge in [0.05, 0.1) is 24.5 Å². The van der Waals surface area contributed by atoms with Crippen LogP contribution in [0, 0.1) is 16.7 Å². The molecule has 0 aliphatic heterocycles. The van der Waals surface area contributed by atoms with E-state index >= 15 is 0 Å². The third kappa shape index (κ3) is 2.25. The summed E-state index contributed by atoms with van der Waals surface area (Å²) in [5, 5.41) is 0. The predicted molar refractivity (Wildman–Crippen MR) is 67.9 cm³/mol.